The Morgan fingerprint density at radius 2 is 2.30 bits per heavy atom. The fraction of sp³-hybridized carbons (Fsp3) is 1.00. The largest absolute Gasteiger partial charge is 0.374 e. The Balaban J connectivity index is 0.000000810. The van der Waals surface area contributed by atoms with Gasteiger partial charge in [-0.3, -0.25) is 0 Å². The van der Waals surface area contributed by atoms with E-state index >= 15 is 0 Å². The molecule has 1 rings (SSSR count). The van der Waals surface area contributed by atoms with Crippen molar-refractivity contribution < 1.29 is 4.74 Å². The predicted octanol–water partition coefficient (Wildman–Crippen LogP) is 1.20. The molecule has 1 heterocycles. The van der Waals surface area contributed by atoms with Gasteiger partial charge < -0.3 is 10.1 Å². The van der Waals surface area contributed by atoms with E-state index in [4.69, 9.17) is 4.74 Å². The molecule has 0 bridgehead atoms. The van der Waals surface area contributed by atoms with Crippen LogP contribution in [0.25, 0.3) is 0 Å². The average molecular weight is 166 g/mol. The van der Waals surface area contributed by atoms with Crippen molar-refractivity contribution in [3.8, 4) is 0 Å². The zero-order valence-electron chi connectivity index (χ0n) is 6.64. The minimum Gasteiger partial charge on any atom is -0.374 e. The second kappa shape index (κ2) is 4.16. The monoisotopic (exact) mass is 165 g/mol. The topological polar surface area (TPSA) is 21.3 Å². The molecular weight excluding hydrogens is 150 g/mol. The van der Waals surface area contributed by atoms with Crippen LogP contribution in [-0.4, -0.2) is 25.8 Å². The summed E-state index contributed by atoms with van der Waals surface area (Å²) in [6, 6.07) is 0. The van der Waals surface area contributed by atoms with E-state index in [1.165, 1.54) is 12.8 Å². The summed E-state index contributed by atoms with van der Waals surface area (Å²) < 4.78 is 5.52. The lowest BCUT2D eigenvalue weighted by atomic mass is 10.0. The second-order valence-electron chi connectivity index (χ2n) is 2.93. The molecule has 2 nitrogen and oxygen atoms in total. The summed E-state index contributed by atoms with van der Waals surface area (Å²) in [7, 11) is 1.97. The third-order valence-corrected chi connectivity index (χ3v) is 1.85. The molecule has 0 saturated carbocycles. The number of halogens is 1. The summed E-state index contributed by atoms with van der Waals surface area (Å²) in [5, 5.41) is 3.13. The van der Waals surface area contributed by atoms with E-state index < -0.39 is 0 Å². The predicted molar refractivity (Wildman–Crippen MR) is 44.8 cm³/mol. The van der Waals surface area contributed by atoms with Crippen LogP contribution in [-0.2, 0) is 4.74 Å². The zero-order valence-corrected chi connectivity index (χ0v) is 7.46. The summed E-state index contributed by atoms with van der Waals surface area (Å²) in [6.07, 6.45) is 2.42. The lowest BCUT2D eigenvalue weighted by Crippen LogP contribution is -2.35. The fourth-order valence-corrected chi connectivity index (χ4v) is 1.35. The Morgan fingerprint density at radius 3 is 2.70 bits per heavy atom. The lowest BCUT2D eigenvalue weighted by molar-refractivity contribution is 0.0224. The van der Waals surface area contributed by atoms with Crippen LogP contribution in [0.15, 0.2) is 0 Å². The quantitative estimate of drug-likeness (QED) is 0.664. The van der Waals surface area contributed by atoms with Crippen LogP contribution >= 0.6 is 12.4 Å². The van der Waals surface area contributed by atoms with Crippen LogP contribution in [0, 0.1) is 0 Å². The standard InChI is InChI=1S/C7H15NO.ClH/c1-7(6-8-2)4-3-5-9-7;/h8H,3-6H2,1-2H3;1H/t7-;/m1./s1. The van der Waals surface area contributed by atoms with Gasteiger partial charge in [0.25, 0.3) is 0 Å². The first-order valence-corrected chi connectivity index (χ1v) is 3.55. The first-order chi connectivity index (χ1) is 4.27. The van der Waals surface area contributed by atoms with Gasteiger partial charge in [-0.2, -0.15) is 0 Å². The number of ether oxygens (including phenoxy) is 1. The van der Waals surface area contributed by atoms with Crippen molar-refractivity contribution in [2.24, 2.45) is 0 Å². The first kappa shape index (κ1) is 10.2. The highest BCUT2D eigenvalue weighted by atomic mass is 35.5. The summed E-state index contributed by atoms with van der Waals surface area (Å²) in [5.74, 6) is 0. The molecule has 1 saturated heterocycles. The second-order valence-corrected chi connectivity index (χ2v) is 2.93. The highest BCUT2D eigenvalue weighted by Crippen LogP contribution is 2.23. The van der Waals surface area contributed by atoms with Crippen molar-refractivity contribution >= 4 is 12.4 Å². The van der Waals surface area contributed by atoms with E-state index in [2.05, 4.69) is 12.2 Å². The van der Waals surface area contributed by atoms with Crippen molar-refractivity contribution in [2.45, 2.75) is 25.4 Å². The molecule has 1 fully saturated rings. The highest BCUT2D eigenvalue weighted by molar-refractivity contribution is 5.85. The van der Waals surface area contributed by atoms with Gasteiger partial charge >= 0.3 is 0 Å². The summed E-state index contributed by atoms with van der Waals surface area (Å²) in [4.78, 5) is 0. The SMILES string of the molecule is CNC[C@@]1(C)CCCO1.Cl. The molecule has 1 aliphatic heterocycles. The molecule has 0 aromatic rings. The van der Waals surface area contributed by atoms with Crippen LogP contribution in [0.1, 0.15) is 19.8 Å². The molecule has 0 radical (unpaired) electrons. The normalized spacial score (nSPS) is 31.8. The Kier molecular flexibility index (Phi) is 4.25. The Hall–Kier alpha value is 0.210. The fourth-order valence-electron chi connectivity index (χ4n) is 1.35. The van der Waals surface area contributed by atoms with Crippen molar-refractivity contribution in [1.29, 1.82) is 0 Å². The summed E-state index contributed by atoms with van der Waals surface area (Å²) in [6.45, 7) is 4.08. The molecule has 10 heavy (non-hydrogen) atoms. The highest BCUT2D eigenvalue weighted by Gasteiger charge is 2.28. The van der Waals surface area contributed by atoms with Crippen molar-refractivity contribution in [1.82, 2.24) is 5.32 Å². The van der Waals surface area contributed by atoms with Crippen LogP contribution in [0.2, 0.25) is 0 Å². The molecule has 3 heteroatoms. The first-order valence-electron chi connectivity index (χ1n) is 3.55. The van der Waals surface area contributed by atoms with Gasteiger partial charge in [-0.05, 0) is 26.8 Å². The molecule has 0 aromatic heterocycles. The number of nitrogens with one attached hydrogen (secondary N) is 1. The molecule has 62 valence electrons. The molecule has 0 aliphatic carbocycles. The number of hydrogen-bond acceptors (Lipinski definition) is 2. The van der Waals surface area contributed by atoms with Gasteiger partial charge in [-0.15, -0.1) is 12.4 Å². The van der Waals surface area contributed by atoms with E-state index in [1.807, 2.05) is 7.05 Å². The molecular formula is C7H16ClNO. The maximum atomic E-state index is 5.52. The van der Waals surface area contributed by atoms with Crippen LogP contribution in [0.4, 0.5) is 0 Å². The van der Waals surface area contributed by atoms with E-state index in [0.717, 1.165) is 13.2 Å². The number of likely N-dealkylation sites (N-methyl/N-ethyl adjacent to an activating group) is 1. The van der Waals surface area contributed by atoms with Crippen molar-refractivity contribution in [3.63, 3.8) is 0 Å². The smallest absolute Gasteiger partial charge is 0.0779 e. The van der Waals surface area contributed by atoms with E-state index in [0.29, 0.717) is 0 Å². The third kappa shape index (κ3) is 2.45. The Bertz CT molecular complexity index is 91.6. The maximum absolute atomic E-state index is 5.52. The van der Waals surface area contributed by atoms with Crippen molar-refractivity contribution in [2.75, 3.05) is 20.2 Å². The minimum absolute atomic E-state index is 0. The van der Waals surface area contributed by atoms with Gasteiger partial charge in [-0.1, -0.05) is 0 Å². The Morgan fingerprint density at radius 1 is 1.60 bits per heavy atom. The average Bonchev–Trinajstić information content (AvgIpc) is 2.16. The summed E-state index contributed by atoms with van der Waals surface area (Å²) in [5.41, 5.74) is 0.134. The van der Waals surface area contributed by atoms with Gasteiger partial charge in [0.2, 0.25) is 0 Å². The van der Waals surface area contributed by atoms with Gasteiger partial charge in [0.05, 0.1) is 5.60 Å². The maximum Gasteiger partial charge on any atom is 0.0779 e. The summed E-state index contributed by atoms with van der Waals surface area (Å²) >= 11 is 0. The van der Waals surface area contributed by atoms with Gasteiger partial charge in [-0.25, -0.2) is 0 Å². The van der Waals surface area contributed by atoms with Gasteiger partial charge in [0.1, 0.15) is 0 Å². The molecule has 1 aliphatic rings. The third-order valence-electron chi connectivity index (χ3n) is 1.85. The van der Waals surface area contributed by atoms with Crippen LogP contribution in [0.5, 0.6) is 0 Å². The van der Waals surface area contributed by atoms with Crippen LogP contribution < -0.4 is 5.32 Å². The van der Waals surface area contributed by atoms with E-state index in [9.17, 15) is 0 Å². The number of rotatable bonds is 2. The molecule has 0 unspecified atom stereocenters. The minimum atomic E-state index is 0. The van der Waals surface area contributed by atoms with Gasteiger partial charge in [0.15, 0.2) is 0 Å². The zero-order chi connectivity index (χ0) is 6.74. The molecule has 1 atom stereocenters. The van der Waals surface area contributed by atoms with Crippen molar-refractivity contribution in [3.05, 3.63) is 0 Å². The lowest BCUT2D eigenvalue weighted by Gasteiger charge is -2.21. The molecule has 0 aromatic carbocycles. The van der Waals surface area contributed by atoms with E-state index in [1.54, 1.807) is 0 Å². The number of hydrogen-bond donors (Lipinski definition) is 1. The van der Waals surface area contributed by atoms with Gasteiger partial charge in [0, 0.05) is 13.2 Å². The Labute approximate surface area is 68.7 Å². The van der Waals surface area contributed by atoms with E-state index in [-0.39, 0.29) is 18.0 Å². The molecule has 1 N–H and O–H groups in total. The molecule has 0 spiro atoms. The molecule has 0 amide bonds. The van der Waals surface area contributed by atoms with Crippen LogP contribution in [0.3, 0.4) is 0 Å².